The zero-order valence-corrected chi connectivity index (χ0v) is 13.1. The van der Waals surface area contributed by atoms with Gasteiger partial charge < -0.3 is 9.88 Å². The van der Waals surface area contributed by atoms with Crippen LogP contribution in [0.4, 0.5) is 0 Å². The van der Waals surface area contributed by atoms with Crippen LogP contribution < -0.4 is 0 Å². The fourth-order valence-corrected chi connectivity index (χ4v) is 3.38. The van der Waals surface area contributed by atoms with E-state index < -0.39 is 0 Å². The molecule has 1 N–H and O–H groups in total. The number of piperidine rings is 1. The molecule has 0 unspecified atom stereocenters. The van der Waals surface area contributed by atoms with Crippen LogP contribution in [-0.4, -0.2) is 28.9 Å². The summed E-state index contributed by atoms with van der Waals surface area (Å²) in [5, 5.41) is 1.10. The number of H-pyrrole nitrogens is 1. The van der Waals surface area contributed by atoms with Crippen LogP contribution in [0.25, 0.3) is 10.9 Å². The highest BCUT2D eigenvalue weighted by atomic mass is 16.2. The molecule has 0 saturated carbocycles. The Hall–Kier alpha value is -1.77. The van der Waals surface area contributed by atoms with Crippen molar-refractivity contribution in [3.63, 3.8) is 0 Å². The maximum atomic E-state index is 12.8. The lowest BCUT2D eigenvalue weighted by molar-refractivity contribution is 0.0610. The van der Waals surface area contributed by atoms with E-state index in [1.807, 2.05) is 35.4 Å². The Morgan fingerprint density at radius 2 is 1.90 bits per heavy atom. The minimum Gasteiger partial charge on any atom is -0.361 e. The first kappa shape index (κ1) is 14.2. The van der Waals surface area contributed by atoms with Crippen molar-refractivity contribution in [3.8, 4) is 0 Å². The number of fused-ring (bicyclic) bond motifs is 1. The number of aromatic amines is 1. The number of hydrogen-bond donors (Lipinski definition) is 1. The van der Waals surface area contributed by atoms with E-state index in [0.29, 0.717) is 11.3 Å². The average Bonchev–Trinajstić information content (AvgIpc) is 2.94. The lowest BCUT2D eigenvalue weighted by Gasteiger charge is -2.38. The van der Waals surface area contributed by atoms with E-state index in [0.717, 1.165) is 42.4 Å². The number of hydrogen-bond acceptors (Lipinski definition) is 1. The van der Waals surface area contributed by atoms with E-state index in [-0.39, 0.29) is 5.91 Å². The van der Waals surface area contributed by atoms with Gasteiger partial charge in [-0.1, -0.05) is 32.9 Å². The Labute approximate surface area is 126 Å². The lowest BCUT2D eigenvalue weighted by Crippen LogP contribution is -2.41. The fourth-order valence-electron chi connectivity index (χ4n) is 3.38. The van der Waals surface area contributed by atoms with Gasteiger partial charge in [-0.05, 0) is 36.3 Å². The molecule has 1 aliphatic heterocycles. The van der Waals surface area contributed by atoms with Gasteiger partial charge in [0.15, 0.2) is 0 Å². The molecule has 0 spiro atoms. The maximum absolute atomic E-state index is 12.8. The first-order valence-corrected chi connectivity index (χ1v) is 7.82. The third-order valence-corrected chi connectivity index (χ3v) is 4.82. The van der Waals surface area contributed by atoms with Crippen LogP contribution in [0.5, 0.6) is 0 Å². The van der Waals surface area contributed by atoms with Gasteiger partial charge in [-0.25, -0.2) is 0 Å². The molecule has 0 atom stereocenters. The second kappa shape index (κ2) is 5.21. The Bertz CT molecular complexity index is 643. The molecule has 1 aliphatic rings. The van der Waals surface area contributed by atoms with E-state index in [2.05, 4.69) is 25.8 Å². The number of para-hydroxylation sites is 1. The maximum Gasteiger partial charge on any atom is 0.255 e. The molecule has 3 rings (SSSR count). The molecule has 0 aliphatic carbocycles. The van der Waals surface area contributed by atoms with E-state index >= 15 is 0 Å². The Kier molecular flexibility index (Phi) is 3.52. The molecular weight excluding hydrogens is 260 g/mol. The van der Waals surface area contributed by atoms with E-state index in [1.54, 1.807) is 0 Å². The van der Waals surface area contributed by atoms with Crippen molar-refractivity contribution in [2.24, 2.45) is 11.3 Å². The summed E-state index contributed by atoms with van der Waals surface area (Å²) in [5.74, 6) is 0.873. The first-order valence-electron chi connectivity index (χ1n) is 7.82. The Balaban J connectivity index is 1.77. The highest BCUT2D eigenvalue weighted by Crippen LogP contribution is 2.34. The lowest BCUT2D eigenvalue weighted by atomic mass is 9.75. The van der Waals surface area contributed by atoms with Gasteiger partial charge in [0.2, 0.25) is 0 Å². The number of benzene rings is 1. The number of aromatic nitrogens is 1. The van der Waals surface area contributed by atoms with Crippen LogP contribution >= 0.6 is 0 Å². The van der Waals surface area contributed by atoms with Gasteiger partial charge in [0, 0.05) is 24.7 Å². The van der Waals surface area contributed by atoms with Crippen LogP contribution in [0.1, 0.15) is 44.0 Å². The van der Waals surface area contributed by atoms with E-state index in [4.69, 9.17) is 0 Å². The van der Waals surface area contributed by atoms with Gasteiger partial charge in [-0.15, -0.1) is 0 Å². The van der Waals surface area contributed by atoms with E-state index in [9.17, 15) is 4.79 Å². The van der Waals surface area contributed by atoms with Gasteiger partial charge in [0.05, 0.1) is 11.1 Å². The predicted molar refractivity (Wildman–Crippen MR) is 86.4 cm³/mol. The number of amides is 1. The summed E-state index contributed by atoms with van der Waals surface area (Å²) in [6.07, 6.45) is 4.11. The van der Waals surface area contributed by atoms with Crippen molar-refractivity contribution < 1.29 is 4.79 Å². The predicted octanol–water partition coefficient (Wildman–Crippen LogP) is 4.07. The van der Waals surface area contributed by atoms with Gasteiger partial charge in [-0.2, -0.15) is 0 Å². The summed E-state index contributed by atoms with van der Waals surface area (Å²) < 4.78 is 0. The van der Waals surface area contributed by atoms with Crippen molar-refractivity contribution in [2.75, 3.05) is 13.1 Å². The number of carbonyl (C=O) groups is 1. The standard InChI is InChI=1S/C18H24N2O/c1-18(2,3)14-8-11-20(12-9-14)17(21)15-6-4-5-13-7-10-19-16(13)15/h4-7,10,14,19H,8-9,11-12H2,1-3H3. The smallest absolute Gasteiger partial charge is 0.255 e. The summed E-state index contributed by atoms with van der Waals surface area (Å²) in [5.41, 5.74) is 2.10. The topological polar surface area (TPSA) is 36.1 Å². The van der Waals surface area contributed by atoms with Crippen molar-refractivity contribution in [1.29, 1.82) is 0 Å². The molecule has 3 heteroatoms. The van der Waals surface area contributed by atoms with Crippen molar-refractivity contribution in [2.45, 2.75) is 33.6 Å². The number of likely N-dealkylation sites (tertiary alicyclic amines) is 1. The third kappa shape index (κ3) is 2.69. The van der Waals surface area contributed by atoms with Crippen molar-refractivity contribution >= 4 is 16.8 Å². The molecule has 3 nitrogen and oxygen atoms in total. The number of rotatable bonds is 1. The van der Waals surface area contributed by atoms with Crippen molar-refractivity contribution in [3.05, 3.63) is 36.0 Å². The van der Waals surface area contributed by atoms with Crippen LogP contribution in [0.2, 0.25) is 0 Å². The minimum absolute atomic E-state index is 0.162. The van der Waals surface area contributed by atoms with Gasteiger partial charge in [-0.3, -0.25) is 4.79 Å². The SMILES string of the molecule is CC(C)(C)C1CCN(C(=O)c2cccc3cc[nH]c23)CC1. The molecule has 1 aromatic heterocycles. The molecule has 1 aromatic carbocycles. The second-order valence-corrected chi connectivity index (χ2v) is 7.18. The number of carbonyl (C=O) groups excluding carboxylic acids is 1. The molecular formula is C18H24N2O. The van der Waals surface area contributed by atoms with Gasteiger partial charge in [0.1, 0.15) is 0 Å². The summed E-state index contributed by atoms with van der Waals surface area (Å²) in [4.78, 5) is 18.0. The molecule has 112 valence electrons. The molecule has 2 aromatic rings. The van der Waals surface area contributed by atoms with Crippen molar-refractivity contribution in [1.82, 2.24) is 9.88 Å². The van der Waals surface area contributed by atoms with Gasteiger partial charge in [0.25, 0.3) is 5.91 Å². The largest absolute Gasteiger partial charge is 0.361 e. The monoisotopic (exact) mass is 284 g/mol. The summed E-state index contributed by atoms with van der Waals surface area (Å²) in [7, 11) is 0. The molecule has 2 heterocycles. The molecule has 1 saturated heterocycles. The Morgan fingerprint density at radius 1 is 1.19 bits per heavy atom. The highest BCUT2D eigenvalue weighted by Gasteiger charge is 2.31. The molecule has 1 amide bonds. The minimum atomic E-state index is 0.162. The molecule has 21 heavy (non-hydrogen) atoms. The molecule has 1 fully saturated rings. The zero-order chi connectivity index (χ0) is 15.0. The quantitative estimate of drug-likeness (QED) is 0.842. The van der Waals surface area contributed by atoms with E-state index in [1.165, 1.54) is 0 Å². The van der Waals surface area contributed by atoms with Crippen LogP contribution in [0.3, 0.4) is 0 Å². The average molecular weight is 284 g/mol. The van der Waals surface area contributed by atoms with Crippen LogP contribution in [-0.2, 0) is 0 Å². The normalized spacial score (nSPS) is 17.4. The van der Waals surface area contributed by atoms with Crippen LogP contribution in [0.15, 0.2) is 30.5 Å². The second-order valence-electron chi connectivity index (χ2n) is 7.18. The molecule has 0 radical (unpaired) electrons. The fraction of sp³-hybridized carbons (Fsp3) is 0.500. The number of nitrogens with one attached hydrogen (secondary N) is 1. The van der Waals surface area contributed by atoms with Gasteiger partial charge >= 0.3 is 0 Å². The number of nitrogens with zero attached hydrogens (tertiary/aromatic N) is 1. The summed E-state index contributed by atoms with van der Waals surface area (Å²) in [6, 6.07) is 7.94. The highest BCUT2D eigenvalue weighted by molar-refractivity contribution is 6.05. The summed E-state index contributed by atoms with van der Waals surface area (Å²) in [6.45, 7) is 8.65. The van der Waals surface area contributed by atoms with Crippen LogP contribution in [0, 0.1) is 11.3 Å². The zero-order valence-electron chi connectivity index (χ0n) is 13.1. The summed E-state index contributed by atoms with van der Waals surface area (Å²) >= 11 is 0. The first-order chi connectivity index (χ1) is 9.97. The Morgan fingerprint density at radius 3 is 2.57 bits per heavy atom. The molecule has 0 bridgehead atoms. The third-order valence-electron chi connectivity index (χ3n) is 4.82.